The minimum atomic E-state index is 0.718. The number of nitrogens with zero attached hydrogens (tertiary/aromatic N) is 1. The van der Waals surface area contributed by atoms with E-state index in [0.29, 0.717) is 0 Å². The third-order valence-corrected chi connectivity index (χ3v) is 3.49. The van der Waals surface area contributed by atoms with Crippen molar-refractivity contribution in [1.29, 1.82) is 0 Å². The fraction of sp³-hybridized carbons (Fsp3) is 0.571. The van der Waals surface area contributed by atoms with E-state index in [-0.39, 0.29) is 0 Å². The van der Waals surface area contributed by atoms with E-state index in [0.717, 1.165) is 18.3 Å². The van der Waals surface area contributed by atoms with E-state index in [1.54, 1.807) is 7.11 Å². The average molecular weight is 234 g/mol. The zero-order chi connectivity index (χ0) is 12.1. The molecule has 1 heterocycles. The van der Waals surface area contributed by atoms with Crippen LogP contribution in [0.5, 0.6) is 5.75 Å². The highest BCUT2D eigenvalue weighted by Gasteiger charge is 2.14. The fourth-order valence-electron chi connectivity index (χ4n) is 2.32. The predicted molar refractivity (Wildman–Crippen MR) is 71.9 cm³/mol. The zero-order valence-corrected chi connectivity index (χ0v) is 10.8. The lowest BCUT2D eigenvalue weighted by Gasteiger charge is -2.21. The van der Waals surface area contributed by atoms with Crippen molar-refractivity contribution < 1.29 is 4.74 Å². The quantitative estimate of drug-likeness (QED) is 0.846. The molecular weight excluding hydrogens is 212 g/mol. The highest BCUT2D eigenvalue weighted by atomic mass is 16.5. The summed E-state index contributed by atoms with van der Waals surface area (Å²) in [6.07, 6.45) is 3.88. The Kier molecular flexibility index (Phi) is 4.26. The van der Waals surface area contributed by atoms with Crippen LogP contribution in [0.15, 0.2) is 24.3 Å². The molecule has 0 spiro atoms. The van der Waals surface area contributed by atoms with Gasteiger partial charge in [0.25, 0.3) is 0 Å². The van der Waals surface area contributed by atoms with Crippen LogP contribution in [-0.4, -0.2) is 33.3 Å². The van der Waals surface area contributed by atoms with Crippen LogP contribution in [0.3, 0.4) is 0 Å². The van der Waals surface area contributed by atoms with Crippen molar-refractivity contribution in [2.75, 3.05) is 32.1 Å². The number of hydrogen-bond acceptors (Lipinski definition) is 3. The molecule has 0 bridgehead atoms. The lowest BCUT2D eigenvalue weighted by atomic mass is 10.1. The molecule has 1 unspecified atom stereocenters. The van der Waals surface area contributed by atoms with Crippen molar-refractivity contribution in [3.63, 3.8) is 0 Å². The van der Waals surface area contributed by atoms with E-state index >= 15 is 0 Å². The van der Waals surface area contributed by atoms with Gasteiger partial charge in [-0.3, -0.25) is 0 Å². The molecule has 1 N–H and O–H groups in total. The topological polar surface area (TPSA) is 24.5 Å². The van der Waals surface area contributed by atoms with Crippen molar-refractivity contribution in [1.82, 2.24) is 5.32 Å². The number of benzene rings is 1. The first-order chi connectivity index (χ1) is 8.29. The van der Waals surface area contributed by atoms with Crippen molar-refractivity contribution in [2.24, 2.45) is 0 Å². The van der Waals surface area contributed by atoms with E-state index in [4.69, 9.17) is 4.74 Å². The number of hydrogen-bond donors (Lipinski definition) is 1. The predicted octanol–water partition coefficient (Wildman–Crippen LogP) is 2.27. The van der Waals surface area contributed by atoms with Crippen LogP contribution in [0, 0.1) is 0 Å². The molecule has 0 saturated carbocycles. The number of nitrogens with one attached hydrogen (secondary N) is 1. The molecule has 1 aliphatic rings. The molecule has 1 saturated heterocycles. The van der Waals surface area contributed by atoms with Gasteiger partial charge in [-0.25, -0.2) is 0 Å². The summed E-state index contributed by atoms with van der Waals surface area (Å²) in [5.74, 6) is 0.916. The third-order valence-electron chi connectivity index (χ3n) is 3.49. The maximum absolute atomic E-state index is 5.16. The second kappa shape index (κ2) is 5.92. The van der Waals surface area contributed by atoms with Crippen LogP contribution in [0.4, 0.5) is 5.69 Å². The minimum Gasteiger partial charge on any atom is -0.497 e. The highest BCUT2D eigenvalue weighted by Crippen LogP contribution is 2.19. The first-order valence-corrected chi connectivity index (χ1v) is 6.38. The van der Waals surface area contributed by atoms with Gasteiger partial charge in [0.2, 0.25) is 0 Å². The average Bonchev–Trinajstić information content (AvgIpc) is 2.89. The maximum Gasteiger partial charge on any atom is 0.119 e. The van der Waals surface area contributed by atoms with Gasteiger partial charge in [-0.05, 0) is 50.1 Å². The Morgan fingerprint density at radius 3 is 2.71 bits per heavy atom. The Morgan fingerprint density at radius 2 is 2.12 bits per heavy atom. The normalized spacial score (nSPS) is 19.3. The summed E-state index contributed by atoms with van der Waals surface area (Å²) in [6, 6.07) is 8.97. The van der Waals surface area contributed by atoms with Gasteiger partial charge >= 0.3 is 0 Å². The summed E-state index contributed by atoms with van der Waals surface area (Å²) in [5.41, 5.74) is 1.25. The zero-order valence-electron chi connectivity index (χ0n) is 10.8. The maximum atomic E-state index is 5.16. The number of methoxy groups -OCH3 is 1. The third kappa shape index (κ3) is 3.37. The lowest BCUT2D eigenvalue weighted by Crippen LogP contribution is -2.28. The smallest absolute Gasteiger partial charge is 0.119 e. The largest absolute Gasteiger partial charge is 0.497 e. The first kappa shape index (κ1) is 12.2. The van der Waals surface area contributed by atoms with Crippen molar-refractivity contribution in [3.05, 3.63) is 24.3 Å². The van der Waals surface area contributed by atoms with Crippen molar-refractivity contribution in [2.45, 2.75) is 25.3 Å². The lowest BCUT2D eigenvalue weighted by molar-refractivity contribution is 0.415. The molecule has 1 aromatic rings. The van der Waals surface area contributed by atoms with Gasteiger partial charge in [0.1, 0.15) is 5.75 Å². The van der Waals surface area contributed by atoms with Crippen LogP contribution < -0.4 is 15.0 Å². The van der Waals surface area contributed by atoms with E-state index < -0.39 is 0 Å². The molecular formula is C14H22N2O. The summed E-state index contributed by atoms with van der Waals surface area (Å²) >= 11 is 0. The first-order valence-electron chi connectivity index (χ1n) is 6.38. The molecule has 0 aromatic heterocycles. The molecule has 1 aliphatic heterocycles. The van der Waals surface area contributed by atoms with Gasteiger partial charge < -0.3 is 15.0 Å². The minimum absolute atomic E-state index is 0.718. The number of ether oxygens (including phenoxy) is 1. The molecule has 2 rings (SSSR count). The van der Waals surface area contributed by atoms with Gasteiger partial charge in [-0.15, -0.1) is 0 Å². The molecule has 94 valence electrons. The van der Waals surface area contributed by atoms with Gasteiger partial charge in [0, 0.05) is 25.3 Å². The summed E-state index contributed by atoms with van der Waals surface area (Å²) < 4.78 is 5.16. The number of rotatable bonds is 5. The molecule has 0 radical (unpaired) electrons. The van der Waals surface area contributed by atoms with Crippen LogP contribution in [0.25, 0.3) is 0 Å². The van der Waals surface area contributed by atoms with Crippen LogP contribution in [0.2, 0.25) is 0 Å². The summed E-state index contributed by atoms with van der Waals surface area (Å²) in [5, 5.41) is 3.53. The van der Waals surface area contributed by atoms with Crippen molar-refractivity contribution >= 4 is 5.69 Å². The molecule has 3 heteroatoms. The summed E-state index contributed by atoms with van der Waals surface area (Å²) in [4.78, 5) is 2.31. The monoisotopic (exact) mass is 234 g/mol. The molecule has 1 fully saturated rings. The molecule has 3 nitrogen and oxygen atoms in total. The van der Waals surface area contributed by atoms with E-state index in [9.17, 15) is 0 Å². The van der Waals surface area contributed by atoms with Gasteiger partial charge in [-0.1, -0.05) is 0 Å². The van der Waals surface area contributed by atoms with E-state index in [1.165, 1.54) is 31.5 Å². The summed E-state index contributed by atoms with van der Waals surface area (Å²) in [6.45, 7) is 2.29. The van der Waals surface area contributed by atoms with Crippen molar-refractivity contribution in [3.8, 4) is 5.75 Å². The molecule has 1 aromatic carbocycles. The molecule has 0 amide bonds. The molecule has 0 aliphatic carbocycles. The Balaban J connectivity index is 1.83. The Hall–Kier alpha value is -1.22. The van der Waals surface area contributed by atoms with Crippen LogP contribution in [0.1, 0.15) is 19.3 Å². The second-order valence-corrected chi connectivity index (χ2v) is 4.70. The Morgan fingerprint density at radius 1 is 1.35 bits per heavy atom. The number of anilines is 1. The van der Waals surface area contributed by atoms with E-state index in [2.05, 4.69) is 29.4 Å². The van der Waals surface area contributed by atoms with Gasteiger partial charge in [0.05, 0.1) is 7.11 Å². The molecule has 17 heavy (non-hydrogen) atoms. The highest BCUT2D eigenvalue weighted by molar-refractivity contribution is 5.48. The molecule has 1 atom stereocenters. The fourth-order valence-corrected chi connectivity index (χ4v) is 2.32. The Labute approximate surface area is 104 Å². The standard InChI is InChI=1S/C14H22N2O/c1-16(11-9-12-4-3-10-15-12)13-5-7-14(17-2)8-6-13/h5-8,12,15H,3-4,9-11H2,1-2H3. The SMILES string of the molecule is COc1ccc(N(C)CCC2CCCN2)cc1. The van der Waals surface area contributed by atoms with Gasteiger partial charge in [-0.2, -0.15) is 0 Å². The van der Waals surface area contributed by atoms with Gasteiger partial charge in [0.15, 0.2) is 0 Å². The van der Waals surface area contributed by atoms with Crippen LogP contribution in [-0.2, 0) is 0 Å². The van der Waals surface area contributed by atoms with E-state index in [1.807, 2.05) is 12.1 Å². The Bertz CT molecular complexity index is 331. The van der Waals surface area contributed by atoms with Crippen LogP contribution >= 0.6 is 0 Å². The summed E-state index contributed by atoms with van der Waals surface area (Å²) in [7, 11) is 3.85. The second-order valence-electron chi connectivity index (χ2n) is 4.70.